The van der Waals surface area contributed by atoms with Gasteiger partial charge in [-0.2, -0.15) is 0 Å². The Kier molecular flexibility index (Phi) is 3.27. The molecule has 2 N–H and O–H groups in total. The van der Waals surface area contributed by atoms with E-state index in [0.717, 1.165) is 22.9 Å². The summed E-state index contributed by atoms with van der Waals surface area (Å²) >= 11 is 0. The Labute approximate surface area is 94.6 Å². The molecule has 0 unspecified atom stereocenters. The van der Waals surface area contributed by atoms with Crippen LogP contribution in [0.25, 0.3) is 10.8 Å². The third-order valence-corrected chi connectivity index (χ3v) is 2.35. The van der Waals surface area contributed by atoms with Crippen molar-refractivity contribution in [3.63, 3.8) is 0 Å². The second-order valence-corrected chi connectivity index (χ2v) is 3.66. The van der Waals surface area contributed by atoms with Crippen molar-refractivity contribution in [1.82, 2.24) is 0 Å². The minimum atomic E-state index is 0.261. The first-order chi connectivity index (χ1) is 7.81. The molecule has 0 bridgehead atoms. The normalized spacial score (nSPS) is 10.6. The van der Waals surface area contributed by atoms with Crippen molar-refractivity contribution >= 4 is 16.5 Å². The third kappa shape index (κ3) is 2.25. The van der Waals surface area contributed by atoms with Crippen LogP contribution in [-0.2, 0) is 4.84 Å². The molecule has 16 heavy (non-hydrogen) atoms. The van der Waals surface area contributed by atoms with Crippen molar-refractivity contribution < 1.29 is 9.94 Å². The zero-order valence-electron chi connectivity index (χ0n) is 9.23. The summed E-state index contributed by atoms with van der Waals surface area (Å²) in [6.07, 6.45) is 0.961. The highest BCUT2D eigenvalue weighted by atomic mass is 16.6. The number of anilines is 1. The summed E-state index contributed by atoms with van der Waals surface area (Å²) in [4.78, 5) is 5.29. The summed E-state index contributed by atoms with van der Waals surface area (Å²) in [7, 11) is 0. The Morgan fingerprint density at radius 1 is 1.25 bits per heavy atom. The molecule has 0 fully saturated rings. The number of hydrogen-bond acceptors (Lipinski definition) is 3. The van der Waals surface area contributed by atoms with E-state index in [1.807, 2.05) is 24.3 Å². The summed E-state index contributed by atoms with van der Waals surface area (Å²) in [6, 6.07) is 11.2. The molecule has 2 aromatic rings. The van der Waals surface area contributed by atoms with E-state index in [9.17, 15) is 5.11 Å². The van der Waals surface area contributed by atoms with Crippen LogP contribution in [0.1, 0.15) is 13.3 Å². The molecule has 0 radical (unpaired) electrons. The van der Waals surface area contributed by atoms with Gasteiger partial charge in [-0.1, -0.05) is 25.1 Å². The van der Waals surface area contributed by atoms with Gasteiger partial charge in [0.15, 0.2) is 0 Å². The highest BCUT2D eigenvalue weighted by molar-refractivity contribution is 5.94. The molecule has 0 saturated carbocycles. The summed E-state index contributed by atoms with van der Waals surface area (Å²) in [5, 5.41) is 11.5. The molecule has 84 valence electrons. The predicted molar refractivity (Wildman–Crippen MR) is 65.5 cm³/mol. The summed E-state index contributed by atoms with van der Waals surface area (Å²) in [5.74, 6) is 0.261. The lowest BCUT2D eigenvalue weighted by Crippen LogP contribution is -2.02. The Hall–Kier alpha value is -1.74. The van der Waals surface area contributed by atoms with Crippen molar-refractivity contribution in [3.05, 3.63) is 36.4 Å². The standard InChI is InChI=1S/C13H15NO2/c1-2-8-16-14-13-5-3-4-10-6-7-11(15)9-12(10)13/h3-7,9,14-15H,2,8H2,1H3. The number of fused-ring (bicyclic) bond motifs is 1. The number of nitrogens with one attached hydrogen (secondary N) is 1. The van der Waals surface area contributed by atoms with Gasteiger partial charge in [-0.25, -0.2) is 0 Å². The Morgan fingerprint density at radius 3 is 2.94 bits per heavy atom. The Morgan fingerprint density at radius 2 is 2.12 bits per heavy atom. The second-order valence-electron chi connectivity index (χ2n) is 3.66. The zero-order chi connectivity index (χ0) is 11.4. The summed E-state index contributed by atoms with van der Waals surface area (Å²) in [6.45, 7) is 2.71. The van der Waals surface area contributed by atoms with Crippen LogP contribution in [0.4, 0.5) is 5.69 Å². The maximum Gasteiger partial charge on any atom is 0.116 e. The third-order valence-electron chi connectivity index (χ3n) is 2.35. The highest BCUT2D eigenvalue weighted by Gasteiger charge is 2.01. The van der Waals surface area contributed by atoms with Crippen molar-refractivity contribution in [2.24, 2.45) is 0 Å². The lowest BCUT2D eigenvalue weighted by molar-refractivity contribution is 0.195. The van der Waals surface area contributed by atoms with Gasteiger partial charge in [0, 0.05) is 5.39 Å². The molecule has 0 atom stereocenters. The first-order valence-corrected chi connectivity index (χ1v) is 5.41. The lowest BCUT2D eigenvalue weighted by atomic mass is 10.1. The quantitative estimate of drug-likeness (QED) is 0.610. The van der Waals surface area contributed by atoms with Crippen LogP contribution in [-0.4, -0.2) is 11.7 Å². The molecule has 0 heterocycles. The van der Waals surface area contributed by atoms with Crippen molar-refractivity contribution in [1.29, 1.82) is 0 Å². The molecule has 2 aromatic carbocycles. The number of rotatable bonds is 4. The van der Waals surface area contributed by atoms with Gasteiger partial charge < -0.3 is 5.11 Å². The zero-order valence-corrected chi connectivity index (χ0v) is 9.23. The maximum absolute atomic E-state index is 9.46. The highest BCUT2D eigenvalue weighted by Crippen LogP contribution is 2.26. The van der Waals surface area contributed by atoms with Crippen LogP contribution in [0.5, 0.6) is 5.75 Å². The van der Waals surface area contributed by atoms with Gasteiger partial charge in [-0.15, -0.1) is 0 Å². The molecule has 0 spiro atoms. The van der Waals surface area contributed by atoms with Crippen molar-refractivity contribution in [3.8, 4) is 5.75 Å². The predicted octanol–water partition coefficient (Wildman–Crippen LogP) is 3.30. The van der Waals surface area contributed by atoms with Gasteiger partial charge >= 0.3 is 0 Å². The van der Waals surface area contributed by atoms with Gasteiger partial charge in [-0.3, -0.25) is 10.3 Å². The molecule has 2 rings (SSSR count). The van der Waals surface area contributed by atoms with Crippen LogP contribution < -0.4 is 5.48 Å². The Bertz CT molecular complexity index is 482. The number of hydrogen-bond donors (Lipinski definition) is 2. The van der Waals surface area contributed by atoms with E-state index in [4.69, 9.17) is 4.84 Å². The molecule has 0 saturated heterocycles. The van der Waals surface area contributed by atoms with Crippen molar-refractivity contribution in [2.75, 3.05) is 12.1 Å². The van der Waals surface area contributed by atoms with E-state index in [2.05, 4.69) is 12.4 Å². The SMILES string of the molecule is CCCONc1cccc2ccc(O)cc12. The lowest BCUT2D eigenvalue weighted by Gasteiger charge is -2.09. The van der Waals surface area contributed by atoms with Crippen LogP contribution in [0, 0.1) is 0 Å². The molecular formula is C13H15NO2. The molecule has 0 aliphatic carbocycles. The van der Waals surface area contributed by atoms with E-state index in [-0.39, 0.29) is 5.75 Å². The monoisotopic (exact) mass is 217 g/mol. The molecule has 0 aliphatic rings. The molecule has 0 aliphatic heterocycles. The fourth-order valence-electron chi connectivity index (χ4n) is 1.58. The average Bonchev–Trinajstić information content (AvgIpc) is 2.30. The summed E-state index contributed by atoms with van der Waals surface area (Å²) in [5.41, 5.74) is 3.78. The summed E-state index contributed by atoms with van der Waals surface area (Å²) < 4.78 is 0. The van der Waals surface area contributed by atoms with Gasteiger partial charge in [0.25, 0.3) is 0 Å². The molecule has 0 aromatic heterocycles. The molecule has 3 nitrogen and oxygen atoms in total. The van der Waals surface area contributed by atoms with E-state index in [0.29, 0.717) is 6.61 Å². The topological polar surface area (TPSA) is 41.5 Å². The fraction of sp³-hybridized carbons (Fsp3) is 0.231. The van der Waals surface area contributed by atoms with Gasteiger partial charge in [-0.05, 0) is 30.0 Å². The molecule has 0 amide bonds. The molecular weight excluding hydrogens is 202 g/mol. The van der Waals surface area contributed by atoms with Gasteiger partial charge in [0.1, 0.15) is 5.75 Å². The van der Waals surface area contributed by atoms with Crippen LogP contribution in [0.3, 0.4) is 0 Å². The number of phenolic OH excluding ortho intramolecular Hbond substituents is 1. The van der Waals surface area contributed by atoms with E-state index >= 15 is 0 Å². The van der Waals surface area contributed by atoms with E-state index < -0.39 is 0 Å². The minimum absolute atomic E-state index is 0.261. The number of benzene rings is 2. The van der Waals surface area contributed by atoms with Crippen LogP contribution >= 0.6 is 0 Å². The smallest absolute Gasteiger partial charge is 0.116 e. The van der Waals surface area contributed by atoms with E-state index in [1.165, 1.54) is 0 Å². The average molecular weight is 217 g/mol. The Balaban J connectivity index is 2.32. The van der Waals surface area contributed by atoms with Crippen LogP contribution in [0.2, 0.25) is 0 Å². The first kappa shape index (κ1) is 10.8. The fourth-order valence-corrected chi connectivity index (χ4v) is 1.58. The largest absolute Gasteiger partial charge is 0.508 e. The number of aromatic hydroxyl groups is 1. The van der Waals surface area contributed by atoms with Crippen molar-refractivity contribution in [2.45, 2.75) is 13.3 Å². The minimum Gasteiger partial charge on any atom is -0.508 e. The van der Waals surface area contributed by atoms with E-state index in [1.54, 1.807) is 12.1 Å². The number of phenols is 1. The van der Waals surface area contributed by atoms with Gasteiger partial charge in [0.05, 0.1) is 12.3 Å². The first-order valence-electron chi connectivity index (χ1n) is 5.41. The maximum atomic E-state index is 9.46. The molecule has 3 heteroatoms. The van der Waals surface area contributed by atoms with Gasteiger partial charge in [0.2, 0.25) is 0 Å². The second kappa shape index (κ2) is 4.86. The van der Waals surface area contributed by atoms with Crippen LogP contribution in [0.15, 0.2) is 36.4 Å².